The van der Waals surface area contributed by atoms with Crippen LogP contribution in [-0.4, -0.2) is 39.2 Å². The molecule has 0 saturated heterocycles. The van der Waals surface area contributed by atoms with E-state index in [1.807, 2.05) is 6.07 Å². The van der Waals surface area contributed by atoms with Gasteiger partial charge in [0.05, 0.1) is 7.11 Å². The first-order valence-corrected chi connectivity index (χ1v) is 7.11. The molecule has 20 heavy (non-hydrogen) atoms. The normalized spacial score (nSPS) is 11.2. The Bertz CT molecular complexity index is 552. The molecule has 2 aromatic rings. The number of methoxy groups -OCH3 is 1. The zero-order valence-electron chi connectivity index (χ0n) is 12.6. The van der Waals surface area contributed by atoms with Gasteiger partial charge in [0.1, 0.15) is 5.75 Å². The van der Waals surface area contributed by atoms with Gasteiger partial charge in [-0.25, -0.2) is 0 Å². The number of hydrogen-bond acceptors (Lipinski definition) is 3. The SMILES string of the molecule is COc1ccc2cc(CNCCCN(C)C)ccc2c1. The van der Waals surface area contributed by atoms with E-state index in [-0.39, 0.29) is 0 Å². The summed E-state index contributed by atoms with van der Waals surface area (Å²) in [5, 5.41) is 5.98. The fourth-order valence-electron chi connectivity index (χ4n) is 2.26. The van der Waals surface area contributed by atoms with Crippen LogP contribution in [0.2, 0.25) is 0 Å². The highest BCUT2D eigenvalue weighted by Crippen LogP contribution is 2.21. The first-order chi connectivity index (χ1) is 9.69. The second kappa shape index (κ2) is 7.27. The molecule has 0 radical (unpaired) electrons. The van der Waals surface area contributed by atoms with Crippen molar-refractivity contribution < 1.29 is 4.74 Å². The van der Waals surface area contributed by atoms with Gasteiger partial charge in [-0.15, -0.1) is 0 Å². The fourth-order valence-corrected chi connectivity index (χ4v) is 2.26. The van der Waals surface area contributed by atoms with Gasteiger partial charge in [-0.05, 0) is 68.1 Å². The average molecular weight is 272 g/mol. The summed E-state index contributed by atoms with van der Waals surface area (Å²) in [4.78, 5) is 2.21. The smallest absolute Gasteiger partial charge is 0.119 e. The van der Waals surface area contributed by atoms with Crippen LogP contribution in [0.25, 0.3) is 10.8 Å². The largest absolute Gasteiger partial charge is 0.497 e. The summed E-state index contributed by atoms with van der Waals surface area (Å²) in [6.07, 6.45) is 1.18. The Balaban J connectivity index is 1.91. The van der Waals surface area contributed by atoms with Gasteiger partial charge in [-0.1, -0.05) is 18.2 Å². The molecule has 0 unspecified atom stereocenters. The predicted molar refractivity (Wildman–Crippen MR) is 85.4 cm³/mol. The van der Waals surface area contributed by atoms with Crippen molar-refractivity contribution in [1.29, 1.82) is 0 Å². The molecule has 2 aromatic carbocycles. The highest BCUT2D eigenvalue weighted by Gasteiger charge is 1.99. The first kappa shape index (κ1) is 14.8. The highest BCUT2D eigenvalue weighted by molar-refractivity contribution is 5.84. The molecule has 0 atom stereocenters. The van der Waals surface area contributed by atoms with Gasteiger partial charge in [0.25, 0.3) is 0 Å². The van der Waals surface area contributed by atoms with Crippen LogP contribution < -0.4 is 10.1 Å². The minimum Gasteiger partial charge on any atom is -0.497 e. The molecule has 108 valence electrons. The van der Waals surface area contributed by atoms with Crippen LogP contribution in [-0.2, 0) is 6.54 Å². The molecular formula is C17H24N2O. The number of benzene rings is 2. The third-order valence-electron chi connectivity index (χ3n) is 3.40. The minimum atomic E-state index is 0.909. The van der Waals surface area contributed by atoms with Gasteiger partial charge < -0.3 is 15.0 Å². The lowest BCUT2D eigenvalue weighted by Gasteiger charge is -2.10. The second-order valence-corrected chi connectivity index (χ2v) is 5.38. The standard InChI is InChI=1S/C17H24N2O/c1-19(2)10-4-9-18-13-14-5-6-16-12-17(20-3)8-7-15(16)11-14/h5-8,11-12,18H,4,9-10,13H2,1-3H3. The number of hydrogen-bond donors (Lipinski definition) is 1. The number of fused-ring (bicyclic) bond motifs is 1. The van der Waals surface area contributed by atoms with E-state index in [1.54, 1.807) is 7.11 Å². The van der Waals surface area contributed by atoms with E-state index < -0.39 is 0 Å². The fraction of sp³-hybridized carbons (Fsp3) is 0.412. The van der Waals surface area contributed by atoms with Crippen molar-refractivity contribution in [2.45, 2.75) is 13.0 Å². The van der Waals surface area contributed by atoms with E-state index in [2.05, 4.69) is 54.6 Å². The van der Waals surface area contributed by atoms with Gasteiger partial charge in [0.2, 0.25) is 0 Å². The van der Waals surface area contributed by atoms with Crippen LogP contribution in [0.4, 0.5) is 0 Å². The average Bonchev–Trinajstić information content (AvgIpc) is 2.46. The van der Waals surface area contributed by atoms with Crippen molar-refractivity contribution in [2.75, 3.05) is 34.3 Å². The van der Waals surface area contributed by atoms with Crippen LogP contribution in [0, 0.1) is 0 Å². The zero-order valence-corrected chi connectivity index (χ0v) is 12.6. The van der Waals surface area contributed by atoms with Crippen LogP contribution in [0.1, 0.15) is 12.0 Å². The summed E-state index contributed by atoms with van der Waals surface area (Å²) >= 11 is 0. The molecule has 2 rings (SSSR count). The third kappa shape index (κ3) is 4.22. The molecule has 0 saturated carbocycles. The Morgan fingerprint density at radius 2 is 1.80 bits per heavy atom. The molecular weight excluding hydrogens is 248 g/mol. The Labute approximate surface area is 121 Å². The van der Waals surface area contributed by atoms with Crippen LogP contribution >= 0.6 is 0 Å². The van der Waals surface area contributed by atoms with Gasteiger partial charge in [0, 0.05) is 6.54 Å². The summed E-state index contributed by atoms with van der Waals surface area (Å²) in [6, 6.07) is 12.8. The quantitative estimate of drug-likeness (QED) is 0.784. The first-order valence-electron chi connectivity index (χ1n) is 7.11. The van der Waals surface area contributed by atoms with Crippen molar-refractivity contribution in [1.82, 2.24) is 10.2 Å². The van der Waals surface area contributed by atoms with Crippen molar-refractivity contribution in [2.24, 2.45) is 0 Å². The Hall–Kier alpha value is -1.58. The molecule has 0 aromatic heterocycles. The minimum absolute atomic E-state index is 0.909. The molecule has 0 fully saturated rings. The van der Waals surface area contributed by atoms with Crippen molar-refractivity contribution in [3.05, 3.63) is 42.0 Å². The summed E-state index contributed by atoms with van der Waals surface area (Å²) in [5.41, 5.74) is 1.33. The van der Waals surface area contributed by atoms with E-state index in [9.17, 15) is 0 Å². The van der Waals surface area contributed by atoms with Crippen LogP contribution in [0.5, 0.6) is 5.75 Å². The molecule has 1 N–H and O–H groups in total. The maximum atomic E-state index is 5.25. The Morgan fingerprint density at radius 1 is 1.05 bits per heavy atom. The highest BCUT2D eigenvalue weighted by atomic mass is 16.5. The lowest BCUT2D eigenvalue weighted by molar-refractivity contribution is 0.394. The lowest BCUT2D eigenvalue weighted by atomic mass is 10.1. The number of nitrogens with one attached hydrogen (secondary N) is 1. The molecule has 3 nitrogen and oxygen atoms in total. The molecule has 0 spiro atoms. The third-order valence-corrected chi connectivity index (χ3v) is 3.40. The summed E-state index contributed by atoms with van der Waals surface area (Å²) in [7, 11) is 5.92. The molecule has 0 bridgehead atoms. The summed E-state index contributed by atoms with van der Waals surface area (Å²) < 4.78 is 5.25. The van der Waals surface area contributed by atoms with Gasteiger partial charge in [-0.3, -0.25) is 0 Å². The van der Waals surface area contributed by atoms with Crippen molar-refractivity contribution in [3.63, 3.8) is 0 Å². The summed E-state index contributed by atoms with van der Waals surface area (Å²) in [6.45, 7) is 3.11. The van der Waals surface area contributed by atoms with E-state index >= 15 is 0 Å². The molecule has 0 heterocycles. The number of rotatable bonds is 7. The van der Waals surface area contributed by atoms with E-state index in [0.29, 0.717) is 0 Å². The van der Waals surface area contributed by atoms with Gasteiger partial charge >= 0.3 is 0 Å². The van der Waals surface area contributed by atoms with Crippen molar-refractivity contribution >= 4 is 10.8 Å². The van der Waals surface area contributed by atoms with Crippen LogP contribution in [0.15, 0.2) is 36.4 Å². The predicted octanol–water partition coefficient (Wildman–Crippen LogP) is 2.89. The second-order valence-electron chi connectivity index (χ2n) is 5.38. The molecule has 0 aliphatic carbocycles. The zero-order chi connectivity index (χ0) is 14.4. The maximum Gasteiger partial charge on any atom is 0.119 e. The molecule has 0 aliphatic heterocycles. The molecule has 3 heteroatoms. The number of ether oxygens (including phenoxy) is 1. The van der Waals surface area contributed by atoms with Crippen LogP contribution in [0.3, 0.4) is 0 Å². The van der Waals surface area contributed by atoms with Gasteiger partial charge in [0.15, 0.2) is 0 Å². The maximum absolute atomic E-state index is 5.25. The van der Waals surface area contributed by atoms with E-state index in [1.165, 1.54) is 22.8 Å². The Morgan fingerprint density at radius 3 is 2.55 bits per heavy atom. The van der Waals surface area contributed by atoms with E-state index in [4.69, 9.17) is 4.74 Å². The monoisotopic (exact) mass is 272 g/mol. The lowest BCUT2D eigenvalue weighted by Crippen LogP contribution is -2.20. The topological polar surface area (TPSA) is 24.5 Å². The molecule has 0 amide bonds. The Kier molecular flexibility index (Phi) is 5.39. The molecule has 0 aliphatic rings. The van der Waals surface area contributed by atoms with Gasteiger partial charge in [-0.2, -0.15) is 0 Å². The van der Waals surface area contributed by atoms with Crippen molar-refractivity contribution in [3.8, 4) is 5.75 Å². The summed E-state index contributed by atoms with van der Waals surface area (Å²) in [5.74, 6) is 0.909. The van der Waals surface area contributed by atoms with E-state index in [0.717, 1.165) is 25.4 Å². The number of nitrogens with zero attached hydrogens (tertiary/aromatic N) is 1.